The molecule has 4 rings (SSSR count). The van der Waals surface area contributed by atoms with Crippen LogP contribution in [0.3, 0.4) is 0 Å². The van der Waals surface area contributed by atoms with E-state index in [0.29, 0.717) is 16.7 Å². The molecular weight excluding hydrogens is 304 g/mol. The molecule has 0 saturated heterocycles. The molecule has 2 heterocycles. The summed E-state index contributed by atoms with van der Waals surface area (Å²) in [7, 11) is 0. The fourth-order valence-electron chi connectivity index (χ4n) is 2.13. The van der Waals surface area contributed by atoms with E-state index in [0.717, 1.165) is 10.4 Å². The molecule has 0 aliphatic rings. The number of thiophene rings is 1. The Kier molecular flexibility index (Phi) is 2.98. The number of hydrogen-bond donors (Lipinski definition) is 0. The third kappa shape index (κ3) is 2.33. The van der Waals surface area contributed by atoms with Gasteiger partial charge in [0.2, 0.25) is 5.82 Å². The predicted octanol–water partition coefficient (Wildman–Crippen LogP) is 5.27. The van der Waals surface area contributed by atoms with Crippen LogP contribution in [0.4, 0.5) is 0 Å². The SMILES string of the molecule is Clc1ccc(-c2noc(-c3cc4ccccc4s3)n2)cc1. The Morgan fingerprint density at radius 2 is 1.81 bits per heavy atom. The Morgan fingerprint density at radius 3 is 2.62 bits per heavy atom. The second-order valence-corrected chi connectivity index (χ2v) is 6.10. The Hall–Kier alpha value is -2.17. The van der Waals surface area contributed by atoms with E-state index in [1.54, 1.807) is 11.3 Å². The average molecular weight is 313 g/mol. The summed E-state index contributed by atoms with van der Waals surface area (Å²) in [5.74, 6) is 1.11. The van der Waals surface area contributed by atoms with Crippen LogP contribution >= 0.6 is 22.9 Å². The van der Waals surface area contributed by atoms with Crippen LogP contribution in [-0.4, -0.2) is 10.1 Å². The van der Waals surface area contributed by atoms with Crippen molar-refractivity contribution in [1.29, 1.82) is 0 Å². The van der Waals surface area contributed by atoms with E-state index in [-0.39, 0.29) is 0 Å². The second kappa shape index (κ2) is 4.98. The van der Waals surface area contributed by atoms with Crippen molar-refractivity contribution in [2.75, 3.05) is 0 Å². The third-order valence-corrected chi connectivity index (χ3v) is 4.52. The number of rotatable bonds is 2. The first-order chi connectivity index (χ1) is 10.3. The highest BCUT2D eigenvalue weighted by molar-refractivity contribution is 7.22. The molecule has 2 aromatic heterocycles. The zero-order valence-electron chi connectivity index (χ0n) is 10.8. The minimum Gasteiger partial charge on any atom is -0.333 e. The largest absolute Gasteiger partial charge is 0.333 e. The lowest BCUT2D eigenvalue weighted by Gasteiger charge is -1.92. The van der Waals surface area contributed by atoms with Crippen molar-refractivity contribution in [3.05, 3.63) is 59.6 Å². The average Bonchev–Trinajstić information content (AvgIpc) is 3.14. The van der Waals surface area contributed by atoms with Gasteiger partial charge < -0.3 is 4.52 Å². The molecule has 21 heavy (non-hydrogen) atoms. The van der Waals surface area contributed by atoms with Crippen LogP contribution in [0, 0.1) is 0 Å². The number of halogens is 1. The molecule has 5 heteroatoms. The summed E-state index contributed by atoms with van der Waals surface area (Å²) < 4.78 is 6.59. The van der Waals surface area contributed by atoms with Crippen molar-refractivity contribution in [2.24, 2.45) is 0 Å². The first-order valence-electron chi connectivity index (χ1n) is 6.38. The number of fused-ring (bicyclic) bond motifs is 1. The van der Waals surface area contributed by atoms with Gasteiger partial charge in [0.1, 0.15) is 0 Å². The molecule has 0 amide bonds. The molecule has 2 aromatic carbocycles. The zero-order valence-corrected chi connectivity index (χ0v) is 12.4. The van der Waals surface area contributed by atoms with Crippen LogP contribution in [0.5, 0.6) is 0 Å². The van der Waals surface area contributed by atoms with Crippen molar-refractivity contribution in [1.82, 2.24) is 10.1 Å². The topological polar surface area (TPSA) is 38.9 Å². The Labute approximate surface area is 129 Å². The van der Waals surface area contributed by atoms with Gasteiger partial charge in [-0.05, 0) is 41.8 Å². The first-order valence-corrected chi connectivity index (χ1v) is 7.58. The minimum atomic E-state index is 0.543. The number of hydrogen-bond acceptors (Lipinski definition) is 4. The molecule has 0 bridgehead atoms. The molecule has 0 fully saturated rings. The molecule has 4 aromatic rings. The summed E-state index contributed by atoms with van der Waals surface area (Å²) in [5, 5.41) is 5.91. The van der Waals surface area contributed by atoms with Crippen LogP contribution < -0.4 is 0 Å². The molecular formula is C16H9ClN2OS. The van der Waals surface area contributed by atoms with Gasteiger partial charge >= 0.3 is 0 Å². The maximum absolute atomic E-state index is 5.88. The minimum absolute atomic E-state index is 0.543. The summed E-state index contributed by atoms with van der Waals surface area (Å²) >= 11 is 7.53. The molecule has 0 radical (unpaired) electrons. The van der Waals surface area contributed by atoms with Crippen molar-refractivity contribution < 1.29 is 4.52 Å². The predicted molar refractivity (Wildman–Crippen MR) is 85.6 cm³/mol. The molecule has 0 unspecified atom stereocenters. The van der Waals surface area contributed by atoms with Gasteiger partial charge in [-0.3, -0.25) is 0 Å². The van der Waals surface area contributed by atoms with Crippen LogP contribution in [-0.2, 0) is 0 Å². The van der Waals surface area contributed by atoms with E-state index < -0.39 is 0 Å². The highest BCUT2D eigenvalue weighted by Crippen LogP contribution is 2.33. The van der Waals surface area contributed by atoms with Gasteiger partial charge in [-0.25, -0.2) is 0 Å². The number of nitrogens with zero attached hydrogens (tertiary/aromatic N) is 2. The number of benzene rings is 2. The Bertz CT molecular complexity index is 878. The molecule has 0 aliphatic carbocycles. The fourth-order valence-corrected chi connectivity index (χ4v) is 3.24. The number of aromatic nitrogens is 2. The first kappa shape index (κ1) is 12.6. The lowest BCUT2D eigenvalue weighted by molar-refractivity contribution is 0.433. The van der Waals surface area contributed by atoms with Crippen molar-refractivity contribution in [3.63, 3.8) is 0 Å². The van der Waals surface area contributed by atoms with Gasteiger partial charge in [0, 0.05) is 15.3 Å². The van der Waals surface area contributed by atoms with Crippen molar-refractivity contribution in [3.8, 4) is 22.2 Å². The van der Waals surface area contributed by atoms with E-state index in [4.69, 9.17) is 16.1 Å². The molecule has 0 aliphatic heterocycles. The van der Waals surface area contributed by atoms with E-state index in [1.807, 2.05) is 36.4 Å². The standard InChI is InChI=1S/C16H9ClN2OS/c17-12-7-5-10(6-8-12)15-18-16(20-19-15)14-9-11-3-1-2-4-13(11)21-14/h1-9H. The van der Waals surface area contributed by atoms with Crippen LogP contribution in [0.1, 0.15) is 0 Å². The fraction of sp³-hybridized carbons (Fsp3) is 0. The molecule has 3 nitrogen and oxygen atoms in total. The summed E-state index contributed by atoms with van der Waals surface area (Å²) in [5.41, 5.74) is 0.885. The van der Waals surface area contributed by atoms with E-state index >= 15 is 0 Å². The smallest absolute Gasteiger partial charge is 0.268 e. The van der Waals surface area contributed by atoms with E-state index in [2.05, 4.69) is 28.3 Å². The lowest BCUT2D eigenvalue weighted by atomic mass is 10.2. The molecule has 102 valence electrons. The summed E-state index contributed by atoms with van der Waals surface area (Å²) in [6.45, 7) is 0. The lowest BCUT2D eigenvalue weighted by Crippen LogP contribution is -1.79. The quantitative estimate of drug-likeness (QED) is 0.506. The summed E-state index contributed by atoms with van der Waals surface area (Å²) in [4.78, 5) is 5.44. The molecule has 0 saturated carbocycles. The zero-order chi connectivity index (χ0) is 14.2. The molecule has 0 spiro atoms. The van der Waals surface area contributed by atoms with Gasteiger partial charge in [-0.2, -0.15) is 4.98 Å². The second-order valence-electron chi connectivity index (χ2n) is 4.58. The van der Waals surface area contributed by atoms with Crippen LogP contribution in [0.25, 0.3) is 32.2 Å². The van der Waals surface area contributed by atoms with Crippen molar-refractivity contribution >= 4 is 33.0 Å². The molecule has 0 N–H and O–H groups in total. The summed E-state index contributed by atoms with van der Waals surface area (Å²) in [6.07, 6.45) is 0. The maximum Gasteiger partial charge on any atom is 0.268 e. The monoisotopic (exact) mass is 312 g/mol. The highest BCUT2D eigenvalue weighted by Gasteiger charge is 2.13. The normalized spacial score (nSPS) is 11.1. The van der Waals surface area contributed by atoms with E-state index in [1.165, 1.54) is 10.1 Å². The Morgan fingerprint density at radius 1 is 1.00 bits per heavy atom. The Balaban J connectivity index is 1.75. The third-order valence-electron chi connectivity index (χ3n) is 3.16. The van der Waals surface area contributed by atoms with Crippen molar-refractivity contribution in [2.45, 2.75) is 0 Å². The maximum atomic E-state index is 5.88. The van der Waals surface area contributed by atoms with E-state index in [9.17, 15) is 0 Å². The van der Waals surface area contributed by atoms with Gasteiger partial charge in [0.05, 0.1) is 4.88 Å². The van der Waals surface area contributed by atoms with Crippen LogP contribution in [0.2, 0.25) is 5.02 Å². The summed E-state index contributed by atoms with van der Waals surface area (Å²) in [6, 6.07) is 17.6. The van der Waals surface area contributed by atoms with Gasteiger partial charge in [0.25, 0.3) is 5.89 Å². The highest BCUT2D eigenvalue weighted by atomic mass is 35.5. The molecule has 0 atom stereocenters. The van der Waals surface area contributed by atoms with Gasteiger partial charge in [-0.1, -0.05) is 35.0 Å². The van der Waals surface area contributed by atoms with Gasteiger partial charge in [0.15, 0.2) is 0 Å². The van der Waals surface area contributed by atoms with Gasteiger partial charge in [-0.15, -0.1) is 11.3 Å². The van der Waals surface area contributed by atoms with Crippen LogP contribution in [0.15, 0.2) is 59.1 Å².